The third kappa shape index (κ3) is 9.00. The van der Waals surface area contributed by atoms with Crippen molar-refractivity contribution in [3.8, 4) is 0 Å². The molecule has 5 N–H and O–H groups in total. The Balaban J connectivity index is 3.85. The van der Waals surface area contributed by atoms with Gasteiger partial charge in [0.15, 0.2) is 0 Å². The van der Waals surface area contributed by atoms with Gasteiger partial charge >= 0.3 is 5.97 Å². The van der Waals surface area contributed by atoms with Gasteiger partial charge in [-0.25, -0.2) is 0 Å². The smallest absolute Gasteiger partial charge is 0.305 e. The van der Waals surface area contributed by atoms with Crippen LogP contribution in [0.25, 0.3) is 0 Å². The van der Waals surface area contributed by atoms with Crippen molar-refractivity contribution < 1.29 is 35.1 Å². The van der Waals surface area contributed by atoms with Gasteiger partial charge in [-0.05, 0) is 6.42 Å². The fourth-order valence-corrected chi connectivity index (χ4v) is 1.79. The quantitative estimate of drug-likeness (QED) is 0.239. The van der Waals surface area contributed by atoms with Gasteiger partial charge in [0.1, 0.15) is 31.0 Å². The minimum absolute atomic E-state index is 0.244. The summed E-state index contributed by atoms with van der Waals surface area (Å²) in [4.78, 5) is 11.4. The molecular weight excluding hydrogens is 280 g/mol. The molecule has 0 fully saturated rings. The fourth-order valence-electron chi connectivity index (χ4n) is 1.79. The van der Waals surface area contributed by atoms with Crippen molar-refractivity contribution in [2.75, 3.05) is 13.2 Å². The van der Waals surface area contributed by atoms with Gasteiger partial charge < -0.3 is 30.3 Å². The molecule has 0 aliphatic rings. The lowest BCUT2D eigenvalue weighted by molar-refractivity contribution is -0.156. The van der Waals surface area contributed by atoms with Gasteiger partial charge in [-0.2, -0.15) is 0 Å². The number of aliphatic hydroxyl groups excluding tert-OH is 5. The molecule has 4 atom stereocenters. The molecule has 0 rings (SSSR count). The molecule has 0 unspecified atom stereocenters. The summed E-state index contributed by atoms with van der Waals surface area (Å²) in [5.74, 6) is -0.477. The average Bonchev–Trinajstić information content (AvgIpc) is 2.49. The standard InChI is InChI=1S/C14H28O7/c1-2-3-4-5-6-7-12(18)21-9-11(17)14(20)13(19)10(16)8-15/h10-11,13-17,19-20H,2-9H2,1H3/t10-,11-,13-,14-/m1/s1. The van der Waals surface area contributed by atoms with Crippen LogP contribution in [0.3, 0.4) is 0 Å². The first-order chi connectivity index (χ1) is 9.93. The average molecular weight is 308 g/mol. The lowest BCUT2D eigenvalue weighted by Crippen LogP contribution is -2.47. The van der Waals surface area contributed by atoms with Gasteiger partial charge in [-0.1, -0.05) is 32.6 Å². The Morgan fingerprint density at radius 2 is 1.52 bits per heavy atom. The molecule has 0 aromatic heterocycles. The zero-order chi connectivity index (χ0) is 16.3. The first kappa shape index (κ1) is 20.3. The van der Waals surface area contributed by atoms with Gasteiger partial charge in [0, 0.05) is 6.42 Å². The predicted octanol–water partition coefficient (Wildman–Crippen LogP) is -0.674. The second-order valence-electron chi connectivity index (χ2n) is 5.15. The Kier molecular flexibility index (Phi) is 11.5. The van der Waals surface area contributed by atoms with Crippen LogP contribution in [0.2, 0.25) is 0 Å². The summed E-state index contributed by atoms with van der Waals surface area (Å²) in [6, 6.07) is 0. The van der Waals surface area contributed by atoms with Crippen LogP contribution in [-0.4, -0.2) is 69.1 Å². The van der Waals surface area contributed by atoms with E-state index >= 15 is 0 Å². The maximum atomic E-state index is 11.4. The van der Waals surface area contributed by atoms with Crippen LogP contribution in [0, 0.1) is 0 Å². The molecule has 0 spiro atoms. The zero-order valence-electron chi connectivity index (χ0n) is 12.5. The normalized spacial score (nSPS) is 17.0. The van der Waals surface area contributed by atoms with E-state index in [0.29, 0.717) is 6.42 Å². The molecule has 126 valence electrons. The summed E-state index contributed by atoms with van der Waals surface area (Å²) in [7, 11) is 0. The number of aliphatic hydroxyl groups is 5. The van der Waals surface area contributed by atoms with E-state index < -0.39 is 43.6 Å². The third-order valence-corrected chi connectivity index (χ3v) is 3.22. The van der Waals surface area contributed by atoms with Crippen molar-refractivity contribution in [2.45, 2.75) is 69.9 Å². The van der Waals surface area contributed by atoms with Crippen molar-refractivity contribution in [2.24, 2.45) is 0 Å². The van der Waals surface area contributed by atoms with Gasteiger partial charge in [0.25, 0.3) is 0 Å². The molecule has 0 amide bonds. The van der Waals surface area contributed by atoms with Crippen molar-refractivity contribution in [3.63, 3.8) is 0 Å². The number of carbonyl (C=O) groups is 1. The number of hydrogen-bond acceptors (Lipinski definition) is 7. The molecular formula is C14H28O7. The second-order valence-corrected chi connectivity index (χ2v) is 5.15. The first-order valence-corrected chi connectivity index (χ1v) is 7.42. The van der Waals surface area contributed by atoms with Crippen LogP contribution < -0.4 is 0 Å². The van der Waals surface area contributed by atoms with E-state index in [-0.39, 0.29) is 6.42 Å². The summed E-state index contributed by atoms with van der Waals surface area (Å²) in [6.07, 6.45) is -1.29. The molecule has 21 heavy (non-hydrogen) atoms. The molecule has 0 aliphatic carbocycles. The predicted molar refractivity (Wildman–Crippen MR) is 75.4 cm³/mol. The molecule has 0 aromatic rings. The van der Waals surface area contributed by atoms with Crippen molar-refractivity contribution in [3.05, 3.63) is 0 Å². The summed E-state index contributed by atoms with van der Waals surface area (Å²) in [6.45, 7) is 0.885. The van der Waals surface area contributed by atoms with E-state index in [2.05, 4.69) is 6.92 Å². The number of hydrogen-bond donors (Lipinski definition) is 5. The van der Waals surface area contributed by atoms with E-state index in [1.165, 1.54) is 0 Å². The van der Waals surface area contributed by atoms with Crippen LogP contribution in [0.1, 0.15) is 45.4 Å². The highest BCUT2D eigenvalue weighted by Crippen LogP contribution is 2.08. The Bertz CT molecular complexity index is 272. The Labute approximate surface area is 125 Å². The number of esters is 1. The van der Waals surface area contributed by atoms with E-state index in [0.717, 1.165) is 25.7 Å². The second kappa shape index (κ2) is 11.9. The van der Waals surface area contributed by atoms with E-state index in [1.54, 1.807) is 0 Å². The topological polar surface area (TPSA) is 127 Å². The number of carbonyl (C=O) groups excluding carboxylic acids is 1. The largest absolute Gasteiger partial charge is 0.463 e. The molecule has 0 saturated heterocycles. The highest BCUT2D eigenvalue weighted by Gasteiger charge is 2.30. The lowest BCUT2D eigenvalue weighted by atomic mass is 10.0. The first-order valence-electron chi connectivity index (χ1n) is 7.42. The van der Waals surface area contributed by atoms with Gasteiger partial charge in [-0.3, -0.25) is 4.79 Å². The highest BCUT2D eigenvalue weighted by atomic mass is 16.5. The summed E-state index contributed by atoms with van der Waals surface area (Å²) < 4.78 is 4.79. The van der Waals surface area contributed by atoms with E-state index in [4.69, 9.17) is 14.9 Å². The molecule has 0 bridgehead atoms. The minimum Gasteiger partial charge on any atom is -0.463 e. The molecule has 0 heterocycles. The minimum atomic E-state index is -1.71. The molecule has 0 aromatic carbocycles. The number of rotatable bonds is 12. The van der Waals surface area contributed by atoms with Crippen LogP contribution in [0.5, 0.6) is 0 Å². The van der Waals surface area contributed by atoms with E-state index in [9.17, 15) is 20.1 Å². The fraction of sp³-hybridized carbons (Fsp3) is 0.929. The Morgan fingerprint density at radius 1 is 0.952 bits per heavy atom. The monoisotopic (exact) mass is 308 g/mol. The number of unbranched alkanes of at least 4 members (excludes halogenated alkanes) is 4. The molecule has 0 saturated carbocycles. The third-order valence-electron chi connectivity index (χ3n) is 3.22. The SMILES string of the molecule is CCCCCCCC(=O)OC[C@@H](O)[C@@H](O)[C@H](O)[C@H](O)CO. The maximum absolute atomic E-state index is 11.4. The summed E-state index contributed by atoms with van der Waals surface area (Å²) in [5.41, 5.74) is 0. The molecule has 0 aliphatic heterocycles. The maximum Gasteiger partial charge on any atom is 0.305 e. The van der Waals surface area contributed by atoms with Gasteiger partial charge in [0.2, 0.25) is 0 Å². The molecule has 7 nitrogen and oxygen atoms in total. The van der Waals surface area contributed by atoms with Crippen LogP contribution >= 0.6 is 0 Å². The van der Waals surface area contributed by atoms with Gasteiger partial charge in [-0.15, -0.1) is 0 Å². The molecule has 0 radical (unpaired) electrons. The Hall–Kier alpha value is -0.730. The lowest BCUT2D eigenvalue weighted by Gasteiger charge is -2.25. The van der Waals surface area contributed by atoms with Crippen molar-refractivity contribution in [1.82, 2.24) is 0 Å². The van der Waals surface area contributed by atoms with Crippen LogP contribution in [-0.2, 0) is 9.53 Å². The van der Waals surface area contributed by atoms with Gasteiger partial charge in [0.05, 0.1) is 6.61 Å². The number of ether oxygens (including phenoxy) is 1. The van der Waals surface area contributed by atoms with Crippen molar-refractivity contribution in [1.29, 1.82) is 0 Å². The summed E-state index contributed by atoms with van der Waals surface area (Å²) >= 11 is 0. The van der Waals surface area contributed by atoms with Crippen LogP contribution in [0.4, 0.5) is 0 Å². The molecule has 7 heteroatoms. The highest BCUT2D eigenvalue weighted by molar-refractivity contribution is 5.69. The van der Waals surface area contributed by atoms with E-state index in [1.807, 2.05) is 0 Å². The summed E-state index contributed by atoms with van der Waals surface area (Å²) in [5, 5.41) is 46.2. The van der Waals surface area contributed by atoms with Crippen molar-refractivity contribution >= 4 is 5.97 Å². The zero-order valence-corrected chi connectivity index (χ0v) is 12.5. The Morgan fingerprint density at radius 3 is 2.10 bits per heavy atom. The van der Waals surface area contributed by atoms with Crippen LogP contribution in [0.15, 0.2) is 0 Å².